The number of nitrogens with one attached hydrogen (secondary N) is 2. The number of likely N-dealkylation sites (tertiary alicyclic amines) is 1. The summed E-state index contributed by atoms with van der Waals surface area (Å²) in [5, 5.41) is 5.68. The van der Waals surface area contributed by atoms with Gasteiger partial charge in [0.2, 0.25) is 0 Å². The van der Waals surface area contributed by atoms with Gasteiger partial charge in [-0.25, -0.2) is 9.59 Å². The molecule has 108 valence electrons. The predicted octanol–water partition coefficient (Wildman–Crippen LogP) is 1.32. The first-order chi connectivity index (χ1) is 8.80. The number of rotatable bonds is 0. The smallest absolute Gasteiger partial charge is 0.410 e. The summed E-state index contributed by atoms with van der Waals surface area (Å²) >= 11 is 0. The third kappa shape index (κ3) is 3.52. The topological polar surface area (TPSA) is 70.7 Å². The van der Waals surface area contributed by atoms with Crippen LogP contribution in [0.5, 0.6) is 0 Å². The Kier molecular flexibility index (Phi) is 3.60. The molecule has 0 bridgehead atoms. The SMILES string of the molecule is CC(C)(C)OC(=O)N1CCC2(CC1)CNC(=O)NC2. The Morgan fingerprint density at radius 3 is 2.21 bits per heavy atom. The van der Waals surface area contributed by atoms with E-state index in [-0.39, 0.29) is 17.5 Å². The van der Waals surface area contributed by atoms with Gasteiger partial charge in [0, 0.05) is 31.6 Å². The minimum atomic E-state index is -0.452. The van der Waals surface area contributed by atoms with Gasteiger partial charge in [-0.05, 0) is 33.6 Å². The molecule has 2 heterocycles. The van der Waals surface area contributed by atoms with Crippen LogP contribution in [-0.4, -0.2) is 48.8 Å². The molecule has 2 fully saturated rings. The standard InChI is InChI=1S/C13H23N3O3/c1-12(2,3)19-11(18)16-6-4-13(5-7-16)8-14-10(17)15-9-13/h4-9H2,1-3H3,(H2,14,15,17). The van der Waals surface area contributed by atoms with Crippen molar-refractivity contribution >= 4 is 12.1 Å². The average molecular weight is 269 g/mol. The maximum atomic E-state index is 12.0. The van der Waals surface area contributed by atoms with E-state index in [2.05, 4.69) is 10.6 Å². The van der Waals surface area contributed by atoms with Crippen LogP contribution in [0.15, 0.2) is 0 Å². The van der Waals surface area contributed by atoms with Crippen molar-refractivity contribution in [2.75, 3.05) is 26.2 Å². The molecular weight excluding hydrogens is 246 g/mol. The summed E-state index contributed by atoms with van der Waals surface area (Å²) in [7, 11) is 0. The van der Waals surface area contributed by atoms with Crippen LogP contribution in [0.2, 0.25) is 0 Å². The molecule has 0 atom stereocenters. The quantitative estimate of drug-likeness (QED) is 0.696. The number of carbonyl (C=O) groups excluding carboxylic acids is 2. The van der Waals surface area contributed by atoms with Gasteiger partial charge in [0.15, 0.2) is 0 Å². The fraction of sp³-hybridized carbons (Fsp3) is 0.846. The van der Waals surface area contributed by atoms with Gasteiger partial charge in [-0.3, -0.25) is 0 Å². The van der Waals surface area contributed by atoms with E-state index in [1.165, 1.54) is 0 Å². The number of piperidine rings is 1. The molecule has 2 aliphatic rings. The highest BCUT2D eigenvalue weighted by molar-refractivity contribution is 5.75. The first-order valence-corrected chi connectivity index (χ1v) is 6.79. The van der Waals surface area contributed by atoms with Gasteiger partial charge >= 0.3 is 12.1 Å². The lowest BCUT2D eigenvalue weighted by atomic mass is 9.77. The fourth-order valence-corrected chi connectivity index (χ4v) is 2.50. The second-order valence-corrected chi connectivity index (χ2v) is 6.50. The van der Waals surface area contributed by atoms with Crippen LogP contribution in [0, 0.1) is 5.41 Å². The maximum absolute atomic E-state index is 12.0. The van der Waals surface area contributed by atoms with E-state index in [0.717, 1.165) is 12.8 Å². The number of nitrogens with zero attached hydrogens (tertiary/aromatic N) is 1. The molecule has 0 aromatic rings. The zero-order valence-corrected chi connectivity index (χ0v) is 11.9. The van der Waals surface area contributed by atoms with Crippen molar-refractivity contribution in [2.45, 2.75) is 39.2 Å². The maximum Gasteiger partial charge on any atom is 0.410 e. The summed E-state index contributed by atoms with van der Waals surface area (Å²) in [6.45, 7) is 8.38. The second-order valence-electron chi connectivity index (χ2n) is 6.50. The molecule has 0 aromatic carbocycles. The molecule has 6 heteroatoms. The van der Waals surface area contributed by atoms with Crippen molar-refractivity contribution in [3.63, 3.8) is 0 Å². The molecule has 2 rings (SSSR count). The number of amides is 3. The molecule has 0 unspecified atom stereocenters. The van der Waals surface area contributed by atoms with Crippen LogP contribution in [0.25, 0.3) is 0 Å². The van der Waals surface area contributed by atoms with Crippen LogP contribution in [0.4, 0.5) is 9.59 Å². The number of ether oxygens (including phenoxy) is 1. The summed E-state index contributed by atoms with van der Waals surface area (Å²) in [4.78, 5) is 24.8. The first kappa shape index (κ1) is 14.0. The highest BCUT2D eigenvalue weighted by Gasteiger charge is 2.39. The summed E-state index contributed by atoms with van der Waals surface area (Å²) in [6, 6.07) is -0.0970. The van der Waals surface area contributed by atoms with E-state index in [4.69, 9.17) is 4.74 Å². The summed E-state index contributed by atoms with van der Waals surface area (Å²) < 4.78 is 5.37. The van der Waals surface area contributed by atoms with Gasteiger partial charge in [-0.1, -0.05) is 0 Å². The van der Waals surface area contributed by atoms with Gasteiger partial charge in [0.05, 0.1) is 0 Å². The van der Waals surface area contributed by atoms with Gasteiger partial charge in [0.25, 0.3) is 0 Å². The van der Waals surface area contributed by atoms with Gasteiger partial charge < -0.3 is 20.3 Å². The van der Waals surface area contributed by atoms with Crippen LogP contribution in [0.3, 0.4) is 0 Å². The van der Waals surface area contributed by atoms with Crippen molar-refractivity contribution in [3.8, 4) is 0 Å². The van der Waals surface area contributed by atoms with Crippen molar-refractivity contribution in [1.82, 2.24) is 15.5 Å². The summed E-state index contributed by atoms with van der Waals surface area (Å²) in [5.41, 5.74) is -0.362. The van der Waals surface area contributed by atoms with Crippen molar-refractivity contribution in [1.29, 1.82) is 0 Å². The normalized spacial score (nSPS) is 22.7. The molecule has 19 heavy (non-hydrogen) atoms. The lowest BCUT2D eigenvalue weighted by molar-refractivity contribution is 0.00935. The Bertz CT molecular complexity index is 356. The summed E-state index contributed by atoms with van der Waals surface area (Å²) in [5.74, 6) is 0. The molecule has 2 aliphatic heterocycles. The number of hydrogen-bond donors (Lipinski definition) is 2. The van der Waals surface area contributed by atoms with Crippen molar-refractivity contribution < 1.29 is 14.3 Å². The number of carbonyl (C=O) groups is 2. The van der Waals surface area contributed by atoms with E-state index >= 15 is 0 Å². The Labute approximate surface area is 113 Å². The largest absolute Gasteiger partial charge is 0.444 e. The lowest BCUT2D eigenvalue weighted by Gasteiger charge is -2.44. The van der Waals surface area contributed by atoms with Gasteiger partial charge in [-0.15, -0.1) is 0 Å². The van der Waals surface area contributed by atoms with Crippen molar-refractivity contribution in [3.05, 3.63) is 0 Å². The molecule has 0 saturated carbocycles. The molecule has 1 spiro atoms. The molecule has 3 amide bonds. The van der Waals surface area contributed by atoms with Gasteiger partial charge in [0.1, 0.15) is 5.60 Å². The molecule has 0 aliphatic carbocycles. The Morgan fingerprint density at radius 1 is 1.21 bits per heavy atom. The molecule has 2 saturated heterocycles. The Balaban J connectivity index is 1.85. The van der Waals surface area contributed by atoms with Crippen LogP contribution in [-0.2, 0) is 4.74 Å². The average Bonchev–Trinajstić information content (AvgIpc) is 2.32. The minimum Gasteiger partial charge on any atom is -0.444 e. The van der Waals surface area contributed by atoms with Crippen LogP contribution >= 0.6 is 0 Å². The minimum absolute atomic E-state index is 0.0897. The highest BCUT2D eigenvalue weighted by Crippen LogP contribution is 2.32. The molecular formula is C13H23N3O3. The molecule has 2 N–H and O–H groups in total. The fourth-order valence-electron chi connectivity index (χ4n) is 2.50. The second kappa shape index (κ2) is 4.90. The zero-order valence-electron chi connectivity index (χ0n) is 11.9. The van der Waals surface area contributed by atoms with E-state index in [1.54, 1.807) is 4.90 Å². The van der Waals surface area contributed by atoms with E-state index in [1.807, 2.05) is 20.8 Å². The third-order valence-corrected chi connectivity index (χ3v) is 3.72. The zero-order chi connectivity index (χ0) is 14.1. The molecule has 6 nitrogen and oxygen atoms in total. The predicted molar refractivity (Wildman–Crippen MR) is 70.9 cm³/mol. The van der Waals surface area contributed by atoms with Gasteiger partial charge in [-0.2, -0.15) is 0 Å². The molecule has 0 radical (unpaired) electrons. The van der Waals surface area contributed by atoms with E-state index in [9.17, 15) is 9.59 Å². The van der Waals surface area contributed by atoms with E-state index < -0.39 is 5.60 Å². The summed E-state index contributed by atoms with van der Waals surface area (Å²) in [6.07, 6.45) is 1.54. The van der Waals surface area contributed by atoms with Crippen molar-refractivity contribution in [2.24, 2.45) is 5.41 Å². The van der Waals surface area contributed by atoms with Crippen LogP contribution < -0.4 is 10.6 Å². The lowest BCUT2D eigenvalue weighted by Crippen LogP contribution is -2.58. The number of urea groups is 1. The molecule has 0 aromatic heterocycles. The monoisotopic (exact) mass is 269 g/mol. The Hall–Kier alpha value is -1.46. The first-order valence-electron chi connectivity index (χ1n) is 6.79. The van der Waals surface area contributed by atoms with E-state index in [0.29, 0.717) is 26.2 Å². The Morgan fingerprint density at radius 2 is 1.74 bits per heavy atom. The third-order valence-electron chi connectivity index (χ3n) is 3.72. The number of hydrogen-bond acceptors (Lipinski definition) is 3. The van der Waals surface area contributed by atoms with Crippen LogP contribution in [0.1, 0.15) is 33.6 Å². The highest BCUT2D eigenvalue weighted by atomic mass is 16.6.